The number of furan rings is 1. The van der Waals surface area contributed by atoms with Crippen molar-refractivity contribution in [3.8, 4) is 11.5 Å². The lowest BCUT2D eigenvalue weighted by atomic mass is 9.98. The average Bonchev–Trinajstić information content (AvgIpc) is 3.11. The van der Waals surface area contributed by atoms with Gasteiger partial charge in [-0.1, -0.05) is 0 Å². The second kappa shape index (κ2) is 6.60. The molecule has 2 aromatic rings. The van der Waals surface area contributed by atoms with E-state index in [1.807, 2.05) is 23.1 Å². The first kappa shape index (κ1) is 15.2. The van der Waals surface area contributed by atoms with Gasteiger partial charge in [-0.05, 0) is 47.9 Å². The fourth-order valence-electron chi connectivity index (χ4n) is 2.72. The molecule has 0 aliphatic carbocycles. The van der Waals surface area contributed by atoms with E-state index in [4.69, 9.17) is 13.9 Å². The van der Waals surface area contributed by atoms with Crippen molar-refractivity contribution in [1.82, 2.24) is 4.90 Å². The number of nitrogens with zero attached hydrogens (tertiary/aromatic N) is 1. The minimum absolute atomic E-state index is 0.0261. The number of benzene rings is 1. The average molecular weight is 313 g/mol. The first-order valence-corrected chi connectivity index (χ1v) is 7.45. The Morgan fingerprint density at radius 1 is 1.22 bits per heavy atom. The van der Waals surface area contributed by atoms with Crippen molar-refractivity contribution in [3.63, 3.8) is 0 Å². The Labute approximate surface area is 135 Å². The lowest BCUT2D eigenvalue weighted by Crippen LogP contribution is -2.34. The number of carbonyl (C=O) groups excluding carboxylic acids is 1. The van der Waals surface area contributed by atoms with Crippen molar-refractivity contribution in [2.24, 2.45) is 0 Å². The third-order valence-electron chi connectivity index (χ3n) is 3.96. The molecular formula is C18H19NO4. The predicted molar refractivity (Wildman–Crippen MR) is 86.4 cm³/mol. The van der Waals surface area contributed by atoms with Gasteiger partial charge in [0.15, 0.2) is 11.5 Å². The predicted octanol–water partition coefficient (Wildman–Crippen LogP) is 2.89. The van der Waals surface area contributed by atoms with Crippen molar-refractivity contribution < 1.29 is 18.7 Å². The molecular weight excluding hydrogens is 294 g/mol. The van der Waals surface area contributed by atoms with Crippen molar-refractivity contribution in [3.05, 3.63) is 53.5 Å². The Balaban J connectivity index is 1.75. The highest BCUT2D eigenvalue weighted by Gasteiger charge is 2.21. The molecule has 0 spiro atoms. The van der Waals surface area contributed by atoms with E-state index < -0.39 is 0 Å². The van der Waals surface area contributed by atoms with Crippen LogP contribution in [0.25, 0.3) is 6.08 Å². The summed E-state index contributed by atoms with van der Waals surface area (Å²) in [6, 6.07) is 7.55. The molecule has 5 nitrogen and oxygen atoms in total. The minimum atomic E-state index is -0.0261. The number of hydrogen-bond acceptors (Lipinski definition) is 4. The summed E-state index contributed by atoms with van der Waals surface area (Å²) < 4.78 is 15.9. The Hall–Kier alpha value is -2.69. The third kappa shape index (κ3) is 3.23. The van der Waals surface area contributed by atoms with Crippen LogP contribution in [-0.2, 0) is 17.8 Å². The zero-order chi connectivity index (χ0) is 16.2. The van der Waals surface area contributed by atoms with E-state index in [1.165, 1.54) is 5.56 Å². The first-order valence-electron chi connectivity index (χ1n) is 7.45. The van der Waals surface area contributed by atoms with Crippen LogP contribution in [-0.4, -0.2) is 31.6 Å². The molecule has 0 bridgehead atoms. The molecule has 1 aromatic heterocycles. The molecule has 0 saturated carbocycles. The standard InChI is InChI=1S/C18H19NO4/c1-21-16-10-13-7-8-19(12-14(13)11-17(16)22-2)18(20)6-5-15-4-3-9-23-15/h3-6,9-11H,7-8,12H2,1-2H3. The van der Waals surface area contributed by atoms with E-state index in [0.717, 1.165) is 17.7 Å². The van der Waals surface area contributed by atoms with E-state index in [9.17, 15) is 4.79 Å². The number of amides is 1. The van der Waals surface area contributed by atoms with Crippen LogP contribution in [0.5, 0.6) is 11.5 Å². The largest absolute Gasteiger partial charge is 0.493 e. The summed E-state index contributed by atoms with van der Waals surface area (Å²) >= 11 is 0. The van der Waals surface area contributed by atoms with Crippen molar-refractivity contribution in [2.45, 2.75) is 13.0 Å². The van der Waals surface area contributed by atoms with Crippen LogP contribution in [0, 0.1) is 0 Å². The first-order chi connectivity index (χ1) is 11.2. The number of ether oxygens (including phenoxy) is 2. The molecule has 0 N–H and O–H groups in total. The SMILES string of the molecule is COc1cc2c(cc1OC)CN(C(=O)C=Cc1ccco1)CC2. The number of fused-ring (bicyclic) bond motifs is 1. The molecule has 0 unspecified atom stereocenters. The van der Waals surface area contributed by atoms with Gasteiger partial charge < -0.3 is 18.8 Å². The second-order valence-electron chi connectivity index (χ2n) is 5.33. The molecule has 1 amide bonds. The quantitative estimate of drug-likeness (QED) is 0.815. The van der Waals surface area contributed by atoms with Crippen LogP contribution in [0.1, 0.15) is 16.9 Å². The van der Waals surface area contributed by atoms with E-state index in [1.54, 1.807) is 38.7 Å². The molecule has 0 radical (unpaired) electrons. The molecule has 0 fully saturated rings. The van der Waals surface area contributed by atoms with Crippen molar-refractivity contribution >= 4 is 12.0 Å². The van der Waals surface area contributed by atoms with Crippen LogP contribution in [0.4, 0.5) is 0 Å². The van der Waals surface area contributed by atoms with E-state index in [-0.39, 0.29) is 5.91 Å². The van der Waals surface area contributed by atoms with Gasteiger partial charge in [0.1, 0.15) is 5.76 Å². The Morgan fingerprint density at radius 2 is 1.96 bits per heavy atom. The summed E-state index contributed by atoms with van der Waals surface area (Å²) in [7, 11) is 3.24. The molecule has 1 aromatic carbocycles. The lowest BCUT2D eigenvalue weighted by Gasteiger charge is -2.28. The fourth-order valence-corrected chi connectivity index (χ4v) is 2.72. The lowest BCUT2D eigenvalue weighted by molar-refractivity contribution is -0.126. The maximum atomic E-state index is 12.3. The highest BCUT2D eigenvalue weighted by atomic mass is 16.5. The van der Waals surface area contributed by atoms with Gasteiger partial charge in [0, 0.05) is 19.2 Å². The van der Waals surface area contributed by atoms with Gasteiger partial charge in [0.25, 0.3) is 0 Å². The van der Waals surface area contributed by atoms with Crippen LogP contribution in [0.2, 0.25) is 0 Å². The highest BCUT2D eigenvalue weighted by molar-refractivity contribution is 5.91. The van der Waals surface area contributed by atoms with Gasteiger partial charge >= 0.3 is 0 Å². The zero-order valence-electron chi connectivity index (χ0n) is 13.2. The van der Waals surface area contributed by atoms with Gasteiger partial charge in [-0.3, -0.25) is 4.79 Å². The van der Waals surface area contributed by atoms with Crippen LogP contribution < -0.4 is 9.47 Å². The summed E-state index contributed by atoms with van der Waals surface area (Å²) in [5, 5.41) is 0. The molecule has 23 heavy (non-hydrogen) atoms. The Bertz CT molecular complexity index is 719. The highest BCUT2D eigenvalue weighted by Crippen LogP contribution is 2.33. The number of rotatable bonds is 4. The second-order valence-corrected chi connectivity index (χ2v) is 5.33. The summed E-state index contributed by atoms with van der Waals surface area (Å²) in [4.78, 5) is 14.1. The van der Waals surface area contributed by atoms with Crippen LogP contribution >= 0.6 is 0 Å². The molecule has 1 aliphatic rings. The topological polar surface area (TPSA) is 51.9 Å². The number of carbonyl (C=O) groups is 1. The third-order valence-corrected chi connectivity index (χ3v) is 3.96. The molecule has 120 valence electrons. The molecule has 2 heterocycles. The molecule has 5 heteroatoms. The molecule has 1 aliphatic heterocycles. The maximum absolute atomic E-state index is 12.3. The fraction of sp³-hybridized carbons (Fsp3) is 0.278. The van der Waals surface area contributed by atoms with E-state index in [0.29, 0.717) is 24.6 Å². The minimum Gasteiger partial charge on any atom is -0.493 e. The van der Waals surface area contributed by atoms with Gasteiger partial charge in [0.2, 0.25) is 5.91 Å². The van der Waals surface area contributed by atoms with Crippen LogP contribution in [0.3, 0.4) is 0 Å². The number of hydrogen-bond donors (Lipinski definition) is 0. The Morgan fingerprint density at radius 3 is 2.61 bits per heavy atom. The van der Waals surface area contributed by atoms with Gasteiger partial charge in [-0.15, -0.1) is 0 Å². The normalized spacial score (nSPS) is 13.9. The summed E-state index contributed by atoms with van der Waals surface area (Å²) in [6.07, 6.45) is 5.62. The summed E-state index contributed by atoms with van der Waals surface area (Å²) in [5.74, 6) is 2.06. The van der Waals surface area contributed by atoms with Gasteiger partial charge in [0.05, 0.1) is 20.5 Å². The molecule has 3 rings (SSSR count). The van der Waals surface area contributed by atoms with E-state index in [2.05, 4.69) is 0 Å². The molecule has 0 atom stereocenters. The maximum Gasteiger partial charge on any atom is 0.246 e. The van der Waals surface area contributed by atoms with Gasteiger partial charge in [-0.2, -0.15) is 0 Å². The van der Waals surface area contributed by atoms with Crippen molar-refractivity contribution in [2.75, 3.05) is 20.8 Å². The van der Waals surface area contributed by atoms with Crippen molar-refractivity contribution in [1.29, 1.82) is 0 Å². The number of methoxy groups -OCH3 is 2. The zero-order valence-corrected chi connectivity index (χ0v) is 13.2. The Kier molecular flexibility index (Phi) is 4.37. The summed E-state index contributed by atoms with van der Waals surface area (Å²) in [6.45, 7) is 1.25. The van der Waals surface area contributed by atoms with Gasteiger partial charge in [-0.25, -0.2) is 0 Å². The van der Waals surface area contributed by atoms with E-state index >= 15 is 0 Å². The monoisotopic (exact) mass is 313 g/mol. The van der Waals surface area contributed by atoms with Crippen LogP contribution in [0.15, 0.2) is 41.0 Å². The molecule has 0 saturated heterocycles. The summed E-state index contributed by atoms with van der Waals surface area (Å²) in [5.41, 5.74) is 2.29. The smallest absolute Gasteiger partial charge is 0.246 e.